The Morgan fingerprint density at radius 2 is 1.45 bits per heavy atom. The first-order valence-electron chi connectivity index (χ1n) is 12.7. The Morgan fingerprint density at radius 3 is 2.02 bits per heavy atom. The van der Waals surface area contributed by atoms with E-state index in [-0.39, 0.29) is 12.0 Å². The van der Waals surface area contributed by atoms with Crippen molar-refractivity contribution >= 4 is 40.2 Å². The lowest BCUT2D eigenvalue weighted by Crippen LogP contribution is -2.32. The number of carbonyl (C=O) groups excluding carboxylic acids is 2. The van der Waals surface area contributed by atoms with Crippen molar-refractivity contribution in [1.29, 1.82) is 0 Å². The molecular weight excluding hydrogens is 526 g/mol. The summed E-state index contributed by atoms with van der Waals surface area (Å²) >= 11 is 6.16. The summed E-state index contributed by atoms with van der Waals surface area (Å²) in [7, 11) is 1.51. The molecule has 0 aliphatic heterocycles. The van der Waals surface area contributed by atoms with Gasteiger partial charge in [0.05, 0.1) is 40.1 Å². The highest BCUT2D eigenvalue weighted by molar-refractivity contribution is 6.32. The van der Waals surface area contributed by atoms with E-state index in [4.69, 9.17) is 31.0 Å². The number of rotatable bonds is 8. The third-order valence-electron chi connectivity index (χ3n) is 6.33. The number of fused-ring (bicyclic) bond motifs is 1. The summed E-state index contributed by atoms with van der Waals surface area (Å²) in [5.41, 5.74) is 5.21. The van der Waals surface area contributed by atoms with Crippen LogP contribution in [-0.4, -0.2) is 35.1 Å². The van der Waals surface area contributed by atoms with Crippen LogP contribution in [0.2, 0.25) is 5.02 Å². The second kappa shape index (κ2) is 12.0. The molecule has 0 fully saturated rings. The fourth-order valence-corrected chi connectivity index (χ4v) is 4.52. The van der Waals surface area contributed by atoms with Gasteiger partial charge in [-0.05, 0) is 42.8 Å². The van der Waals surface area contributed by atoms with Gasteiger partial charge in [0.1, 0.15) is 5.75 Å². The Morgan fingerprint density at radius 1 is 0.825 bits per heavy atom. The van der Waals surface area contributed by atoms with Gasteiger partial charge in [-0.2, -0.15) is 0 Å². The predicted molar refractivity (Wildman–Crippen MR) is 157 cm³/mol. The molecule has 0 bridgehead atoms. The third-order valence-corrected chi connectivity index (χ3v) is 6.62. The molecule has 1 heterocycles. The van der Waals surface area contributed by atoms with Crippen molar-refractivity contribution in [3.63, 3.8) is 0 Å². The van der Waals surface area contributed by atoms with Crippen LogP contribution in [0.1, 0.15) is 23.7 Å². The number of hydrogen-bond donors (Lipinski definition) is 1. The maximum Gasteiger partial charge on any atom is 0.338 e. The third kappa shape index (κ3) is 5.80. The molecule has 1 amide bonds. The molecule has 5 aromatic rings. The molecule has 1 atom stereocenters. The van der Waals surface area contributed by atoms with E-state index < -0.39 is 18.0 Å². The molecule has 40 heavy (non-hydrogen) atoms. The second-order valence-corrected chi connectivity index (χ2v) is 9.40. The van der Waals surface area contributed by atoms with Crippen LogP contribution in [0.3, 0.4) is 0 Å². The number of ether oxygens (including phenoxy) is 2. The number of aromatic nitrogens is 2. The van der Waals surface area contributed by atoms with E-state index in [2.05, 4.69) is 5.32 Å². The van der Waals surface area contributed by atoms with E-state index in [9.17, 15) is 9.59 Å². The molecule has 1 aromatic heterocycles. The Labute approximate surface area is 236 Å². The molecule has 1 unspecified atom stereocenters. The smallest absolute Gasteiger partial charge is 0.338 e. The number of hydrogen-bond acceptors (Lipinski definition) is 6. The first kappa shape index (κ1) is 26.8. The van der Waals surface area contributed by atoms with E-state index in [1.165, 1.54) is 7.11 Å². The van der Waals surface area contributed by atoms with Crippen molar-refractivity contribution in [2.75, 3.05) is 12.4 Å². The van der Waals surface area contributed by atoms with Crippen molar-refractivity contribution in [3.8, 4) is 28.3 Å². The molecule has 200 valence electrons. The molecule has 0 radical (unpaired) electrons. The lowest BCUT2D eigenvalue weighted by Gasteiger charge is -2.17. The maximum atomic E-state index is 13.1. The standard InChI is InChI=1S/C32H26ClN3O4/c1-3-27(31(37)34-23-15-17-28(39-2)24(33)19-23)40-32(38)22-14-16-25-26(18-22)36-30(21-12-8-5-9-13-21)29(35-25)20-10-6-4-7-11-20/h4-19,27H,3H2,1-2H3,(H,34,37). The number of nitrogens with one attached hydrogen (secondary N) is 1. The Kier molecular flexibility index (Phi) is 8.03. The number of benzene rings is 4. The van der Waals surface area contributed by atoms with E-state index in [1.54, 1.807) is 43.3 Å². The van der Waals surface area contributed by atoms with Crippen LogP contribution in [0.5, 0.6) is 5.75 Å². The largest absolute Gasteiger partial charge is 0.495 e. The summed E-state index contributed by atoms with van der Waals surface area (Å²) in [6.07, 6.45) is -0.719. The zero-order valence-corrected chi connectivity index (χ0v) is 22.7. The number of esters is 1. The molecule has 1 N–H and O–H groups in total. The molecule has 0 saturated heterocycles. The van der Waals surface area contributed by atoms with Gasteiger partial charge in [-0.25, -0.2) is 14.8 Å². The van der Waals surface area contributed by atoms with E-state index >= 15 is 0 Å². The molecule has 5 rings (SSSR count). The number of amides is 1. The Bertz CT molecular complexity index is 1680. The second-order valence-electron chi connectivity index (χ2n) is 9.00. The molecule has 0 aliphatic carbocycles. The lowest BCUT2D eigenvalue weighted by atomic mass is 10.0. The van der Waals surface area contributed by atoms with Crippen LogP contribution < -0.4 is 10.1 Å². The molecule has 8 heteroatoms. The number of carbonyl (C=O) groups is 2. The van der Waals surface area contributed by atoms with Gasteiger partial charge in [-0.15, -0.1) is 0 Å². The van der Waals surface area contributed by atoms with Crippen LogP contribution in [0.4, 0.5) is 5.69 Å². The van der Waals surface area contributed by atoms with E-state index in [1.807, 2.05) is 60.7 Å². The van der Waals surface area contributed by atoms with Crippen LogP contribution >= 0.6 is 11.6 Å². The van der Waals surface area contributed by atoms with Crippen molar-refractivity contribution < 1.29 is 19.1 Å². The van der Waals surface area contributed by atoms with Gasteiger partial charge in [0.2, 0.25) is 0 Å². The van der Waals surface area contributed by atoms with Crippen LogP contribution in [-0.2, 0) is 9.53 Å². The molecule has 0 saturated carbocycles. The van der Waals surface area contributed by atoms with Gasteiger partial charge in [-0.1, -0.05) is 79.2 Å². The van der Waals surface area contributed by atoms with Crippen molar-refractivity contribution in [3.05, 3.63) is 108 Å². The minimum atomic E-state index is -1.00. The summed E-state index contributed by atoms with van der Waals surface area (Å²) in [4.78, 5) is 35.8. The van der Waals surface area contributed by atoms with Crippen LogP contribution in [0, 0.1) is 0 Å². The van der Waals surface area contributed by atoms with Crippen LogP contribution in [0.25, 0.3) is 33.5 Å². The molecular formula is C32H26ClN3O4. The number of nitrogens with zero attached hydrogens (tertiary/aromatic N) is 2. The molecule has 7 nitrogen and oxygen atoms in total. The van der Waals surface area contributed by atoms with Gasteiger partial charge < -0.3 is 14.8 Å². The molecule has 0 aliphatic rings. The zero-order valence-electron chi connectivity index (χ0n) is 21.9. The topological polar surface area (TPSA) is 90.4 Å². The Hall–Kier alpha value is -4.75. The molecule has 4 aromatic carbocycles. The Balaban J connectivity index is 1.41. The minimum Gasteiger partial charge on any atom is -0.495 e. The highest BCUT2D eigenvalue weighted by Crippen LogP contribution is 2.31. The van der Waals surface area contributed by atoms with Gasteiger partial charge in [0.25, 0.3) is 5.91 Å². The van der Waals surface area contributed by atoms with Crippen molar-refractivity contribution in [2.24, 2.45) is 0 Å². The average Bonchev–Trinajstić information content (AvgIpc) is 2.99. The highest BCUT2D eigenvalue weighted by Gasteiger charge is 2.23. The summed E-state index contributed by atoms with van der Waals surface area (Å²) in [6.45, 7) is 1.77. The summed E-state index contributed by atoms with van der Waals surface area (Å²) in [5.74, 6) is -0.604. The molecule has 0 spiro atoms. The fraction of sp³-hybridized carbons (Fsp3) is 0.125. The predicted octanol–water partition coefficient (Wildman–Crippen LogP) is 7.20. The van der Waals surface area contributed by atoms with E-state index in [0.29, 0.717) is 33.2 Å². The SMILES string of the molecule is CCC(OC(=O)c1ccc2nc(-c3ccccc3)c(-c3ccccc3)nc2c1)C(=O)Nc1ccc(OC)c(Cl)c1. The quantitative estimate of drug-likeness (QED) is 0.205. The van der Waals surface area contributed by atoms with Crippen molar-refractivity contribution in [2.45, 2.75) is 19.4 Å². The summed E-state index contributed by atoms with van der Waals surface area (Å²) < 4.78 is 10.7. The zero-order chi connectivity index (χ0) is 28.1. The normalized spacial score (nSPS) is 11.6. The number of halogens is 1. The van der Waals surface area contributed by atoms with Crippen LogP contribution in [0.15, 0.2) is 97.1 Å². The number of anilines is 1. The minimum absolute atomic E-state index is 0.270. The first-order valence-corrected chi connectivity index (χ1v) is 13.1. The monoisotopic (exact) mass is 551 g/mol. The highest BCUT2D eigenvalue weighted by atomic mass is 35.5. The van der Waals surface area contributed by atoms with Gasteiger partial charge >= 0.3 is 5.97 Å². The summed E-state index contributed by atoms with van der Waals surface area (Å²) in [6, 6.07) is 29.5. The van der Waals surface area contributed by atoms with Gasteiger partial charge in [0, 0.05) is 16.8 Å². The number of methoxy groups -OCH3 is 1. The fourth-order valence-electron chi connectivity index (χ4n) is 4.26. The van der Waals surface area contributed by atoms with Gasteiger partial charge in [0.15, 0.2) is 6.10 Å². The lowest BCUT2D eigenvalue weighted by molar-refractivity contribution is -0.124. The average molecular weight is 552 g/mol. The summed E-state index contributed by atoms with van der Waals surface area (Å²) in [5, 5.41) is 3.09. The van der Waals surface area contributed by atoms with Crippen molar-refractivity contribution in [1.82, 2.24) is 9.97 Å². The maximum absolute atomic E-state index is 13.1. The van der Waals surface area contributed by atoms with E-state index in [0.717, 1.165) is 16.8 Å². The van der Waals surface area contributed by atoms with Gasteiger partial charge in [-0.3, -0.25) is 4.79 Å². The first-order chi connectivity index (χ1) is 19.5.